The van der Waals surface area contributed by atoms with E-state index in [1.54, 1.807) is 34.8 Å². The first kappa shape index (κ1) is 22.9. The minimum atomic E-state index is -3.92. The van der Waals surface area contributed by atoms with E-state index in [0.29, 0.717) is 30.6 Å². The van der Waals surface area contributed by atoms with Gasteiger partial charge in [-0.1, -0.05) is 18.2 Å². The molecular weight excluding hydrogens is 463 g/mol. The molecule has 182 valence electrons. The van der Waals surface area contributed by atoms with Crippen LogP contribution in [0.4, 0.5) is 10.3 Å². The first-order valence-electron chi connectivity index (χ1n) is 11.2. The Morgan fingerprint density at radius 3 is 2.71 bits per heavy atom. The van der Waals surface area contributed by atoms with E-state index in [1.165, 1.54) is 16.4 Å². The Morgan fingerprint density at radius 2 is 2.00 bits per heavy atom. The van der Waals surface area contributed by atoms with Crippen molar-refractivity contribution < 1.29 is 22.3 Å². The van der Waals surface area contributed by atoms with Crippen molar-refractivity contribution in [1.82, 2.24) is 24.1 Å². The first-order chi connectivity index (χ1) is 16.3. The maximum absolute atomic E-state index is 15.8. The molecule has 12 heteroatoms. The van der Waals surface area contributed by atoms with E-state index in [1.807, 2.05) is 13.8 Å². The van der Waals surface area contributed by atoms with Crippen molar-refractivity contribution in [3.63, 3.8) is 0 Å². The molecule has 0 aliphatic carbocycles. The smallest absolute Gasteiger partial charge is 0.245 e. The Hall–Kier alpha value is -2.83. The van der Waals surface area contributed by atoms with Gasteiger partial charge in [-0.25, -0.2) is 17.5 Å². The quantitative estimate of drug-likeness (QED) is 0.535. The highest BCUT2D eigenvalue weighted by Gasteiger charge is 2.57. The highest BCUT2D eigenvalue weighted by Crippen LogP contribution is 2.41. The van der Waals surface area contributed by atoms with Crippen LogP contribution in [0.3, 0.4) is 0 Å². The fourth-order valence-corrected chi connectivity index (χ4v) is 6.52. The summed E-state index contributed by atoms with van der Waals surface area (Å²) in [6.07, 6.45) is -1.47. The molecule has 4 heterocycles. The summed E-state index contributed by atoms with van der Waals surface area (Å²) in [5.74, 6) is 0.709. The van der Waals surface area contributed by atoms with Crippen LogP contribution >= 0.6 is 0 Å². The maximum atomic E-state index is 15.8. The number of halogens is 1. The summed E-state index contributed by atoms with van der Waals surface area (Å²) in [4.78, 5) is 11.0. The summed E-state index contributed by atoms with van der Waals surface area (Å²) in [7, 11) is -2.14. The number of ether oxygens (including phenoxy) is 2. The van der Waals surface area contributed by atoms with Crippen molar-refractivity contribution >= 4 is 27.0 Å². The molecule has 2 aliphatic rings. The van der Waals surface area contributed by atoms with Crippen molar-refractivity contribution in [2.24, 2.45) is 7.05 Å². The van der Waals surface area contributed by atoms with Gasteiger partial charge in [0.1, 0.15) is 5.39 Å². The molecule has 0 radical (unpaired) electrons. The number of sulfonamides is 1. The standard InChI is InChI=1S/C22H27FN6O4S/c1-4-32-20-18-15(2)26-27(3)19(18)24-21(25-20)28-11-10-22(17(23)14-28)29(12-13-33-22)34(30,31)16-8-6-5-7-9-16/h5-9,17H,4,10-14H2,1-3H3. The zero-order valence-electron chi connectivity index (χ0n) is 19.3. The Morgan fingerprint density at radius 1 is 1.24 bits per heavy atom. The molecule has 3 aromatic rings. The van der Waals surface area contributed by atoms with Crippen molar-refractivity contribution in [2.75, 3.05) is 37.7 Å². The van der Waals surface area contributed by atoms with Gasteiger partial charge in [0.05, 0.1) is 30.3 Å². The molecule has 1 spiro atoms. The molecule has 2 unspecified atom stereocenters. The molecule has 34 heavy (non-hydrogen) atoms. The average Bonchev–Trinajstić information content (AvgIpc) is 3.38. The summed E-state index contributed by atoms with van der Waals surface area (Å²) >= 11 is 0. The summed E-state index contributed by atoms with van der Waals surface area (Å²) in [5, 5.41) is 5.13. The monoisotopic (exact) mass is 490 g/mol. The number of piperidine rings is 1. The summed E-state index contributed by atoms with van der Waals surface area (Å²) in [6, 6.07) is 8.06. The van der Waals surface area contributed by atoms with Gasteiger partial charge >= 0.3 is 0 Å². The van der Waals surface area contributed by atoms with Gasteiger partial charge in [0.2, 0.25) is 21.9 Å². The van der Waals surface area contributed by atoms with Crippen LogP contribution in [0.1, 0.15) is 19.0 Å². The van der Waals surface area contributed by atoms with Gasteiger partial charge in [-0.15, -0.1) is 0 Å². The maximum Gasteiger partial charge on any atom is 0.245 e. The topological polar surface area (TPSA) is 103 Å². The van der Waals surface area contributed by atoms with Crippen molar-refractivity contribution in [1.29, 1.82) is 0 Å². The van der Waals surface area contributed by atoms with Gasteiger partial charge in [-0.3, -0.25) is 0 Å². The summed E-state index contributed by atoms with van der Waals surface area (Å²) in [5.41, 5.74) is -0.220. The zero-order chi connectivity index (χ0) is 24.1. The SMILES string of the molecule is CCOc1nc(N2CCC3(OCCN3S(=O)(=O)c3ccccc3)C(F)C2)nc2c1c(C)nn2C. The zero-order valence-corrected chi connectivity index (χ0v) is 20.1. The van der Waals surface area contributed by atoms with Gasteiger partial charge in [-0.2, -0.15) is 19.4 Å². The third-order valence-corrected chi connectivity index (χ3v) is 8.33. The lowest BCUT2D eigenvalue weighted by Crippen LogP contribution is -2.62. The van der Waals surface area contributed by atoms with Crippen LogP contribution in [0.15, 0.2) is 35.2 Å². The second-order valence-electron chi connectivity index (χ2n) is 8.42. The number of rotatable bonds is 5. The molecule has 2 fully saturated rings. The van der Waals surface area contributed by atoms with E-state index in [-0.39, 0.29) is 31.0 Å². The number of alkyl halides is 1. The van der Waals surface area contributed by atoms with Gasteiger partial charge in [-0.05, 0) is 26.0 Å². The first-order valence-corrected chi connectivity index (χ1v) is 12.7. The van der Waals surface area contributed by atoms with Crippen molar-refractivity contribution in [3.05, 3.63) is 36.0 Å². The third-order valence-electron chi connectivity index (χ3n) is 6.39. The van der Waals surface area contributed by atoms with Crippen LogP contribution in [0.5, 0.6) is 5.88 Å². The highest BCUT2D eigenvalue weighted by atomic mass is 32.2. The minimum absolute atomic E-state index is 0.100. The van der Waals surface area contributed by atoms with Crippen LogP contribution in [0.25, 0.3) is 11.0 Å². The average molecular weight is 491 g/mol. The largest absolute Gasteiger partial charge is 0.477 e. The van der Waals surface area contributed by atoms with Crippen LogP contribution in [-0.2, 0) is 21.8 Å². The Balaban J connectivity index is 1.46. The molecule has 0 bridgehead atoms. The molecule has 0 amide bonds. The number of aromatic nitrogens is 4. The van der Waals surface area contributed by atoms with Gasteiger partial charge in [0.25, 0.3) is 0 Å². The molecular formula is C22H27FN6O4S. The molecule has 0 N–H and O–H groups in total. The number of hydrogen-bond donors (Lipinski definition) is 0. The Bertz CT molecular complexity index is 1320. The van der Waals surface area contributed by atoms with E-state index >= 15 is 4.39 Å². The van der Waals surface area contributed by atoms with Crippen molar-refractivity contribution in [3.8, 4) is 5.88 Å². The Labute approximate surface area is 197 Å². The normalized spacial score (nSPS) is 23.8. The van der Waals surface area contributed by atoms with E-state index in [4.69, 9.17) is 9.47 Å². The molecule has 1 aromatic carbocycles. The predicted molar refractivity (Wildman–Crippen MR) is 123 cm³/mol. The molecule has 5 rings (SSSR count). The minimum Gasteiger partial charge on any atom is -0.477 e. The number of hydrogen-bond acceptors (Lipinski definition) is 8. The number of nitrogens with zero attached hydrogens (tertiary/aromatic N) is 6. The van der Waals surface area contributed by atoms with Crippen molar-refractivity contribution in [2.45, 2.75) is 37.1 Å². The second kappa shape index (κ2) is 8.43. The lowest BCUT2D eigenvalue weighted by Gasteiger charge is -2.44. The highest BCUT2D eigenvalue weighted by molar-refractivity contribution is 7.89. The second-order valence-corrected chi connectivity index (χ2v) is 10.3. The van der Waals surface area contributed by atoms with Gasteiger partial charge in [0, 0.05) is 26.6 Å². The fourth-order valence-electron chi connectivity index (χ4n) is 4.79. The van der Waals surface area contributed by atoms with Crippen LogP contribution in [0, 0.1) is 6.92 Å². The van der Waals surface area contributed by atoms with E-state index in [0.717, 1.165) is 11.1 Å². The van der Waals surface area contributed by atoms with Crippen LogP contribution in [0.2, 0.25) is 0 Å². The Kier molecular flexibility index (Phi) is 5.69. The molecule has 0 saturated carbocycles. The third kappa shape index (κ3) is 3.51. The number of aryl methyl sites for hydroxylation is 2. The van der Waals surface area contributed by atoms with Gasteiger partial charge < -0.3 is 14.4 Å². The number of fused-ring (bicyclic) bond motifs is 1. The molecule has 2 aliphatic heterocycles. The molecule has 2 aromatic heterocycles. The van der Waals surface area contributed by atoms with Crippen LogP contribution < -0.4 is 9.64 Å². The van der Waals surface area contributed by atoms with E-state index in [2.05, 4.69) is 15.1 Å². The fraction of sp³-hybridized carbons (Fsp3) is 0.500. The lowest BCUT2D eigenvalue weighted by atomic mass is 9.99. The van der Waals surface area contributed by atoms with E-state index < -0.39 is 21.9 Å². The van der Waals surface area contributed by atoms with Crippen LogP contribution in [-0.4, -0.2) is 77.2 Å². The predicted octanol–water partition coefficient (Wildman–Crippen LogP) is 2.04. The van der Waals surface area contributed by atoms with E-state index in [9.17, 15) is 8.42 Å². The molecule has 2 saturated heterocycles. The summed E-state index contributed by atoms with van der Waals surface area (Å²) < 4.78 is 56.9. The lowest BCUT2D eigenvalue weighted by molar-refractivity contribution is -0.116. The van der Waals surface area contributed by atoms with Gasteiger partial charge in [0.15, 0.2) is 17.5 Å². The number of benzene rings is 1. The molecule has 2 atom stereocenters. The summed E-state index contributed by atoms with van der Waals surface area (Å²) in [6.45, 7) is 4.56. The number of anilines is 1. The molecule has 10 nitrogen and oxygen atoms in total.